The number of amides is 1. The van der Waals surface area contributed by atoms with Gasteiger partial charge in [0.1, 0.15) is 5.54 Å². The summed E-state index contributed by atoms with van der Waals surface area (Å²) < 4.78 is 24.8. The van der Waals surface area contributed by atoms with Crippen LogP contribution in [0.4, 0.5) is 0 Å². The van der Waals surface area contributed by atoms with Gasteiger partial charge < -0.3 is 10.4 Å². The van der Waals surface area contributed by atoms with Crippen molar-refractivity contribution in [1.29, 1.82) is 0 Å². The number of hydrogen-bond donors (Lipinski definition) is 3. The number of sulfonamides is 1. The molecule has 1 aliphatic carbocycles. The summed E-state index contributed by atoms with van der Waals surface area (Å²) >= 11 is 0. The topological polar surface area (TPSA) is 116 Å². The summed E-state index contributed by atoms with van der Waals surface area (Å²) in [4.78, 5) is 24.7. The van der Waals surface area contributed by atoms with E-state index < -0.39 is 21.5 Å². The summed E-state index contributed by atoms with van der Waals surface area (Å²) in [5.74, 6) is -1.25. The van der Waals surface area contributed by atoms with Crippen LogP contribution in [0.5, 0.6) is 0 Å². The molecule has 0 heterocycles. The number of likely N-dealkylation sites (N-methyl/N-ethyl adjacent to an activating group) is 1. The first kappa shape index (κ1) is 18.9. The van der Waals surface area contributed by atoms with Crippen molar-refractivity contribution in [2.75, 3.05) is 19.3 Å². The first-order valence-electron chi connectivity index (χ1n) is 7.20. The van der Waals surface area contributed by atoms with E-state index in [9.17, 15) is 18.0 Å². The highest BCUT2D eigenvalue weighted by atomic mass is 32.2. The summed E-state index contributed by atoms with van der Waals surface area (Å²) in [5, 5.41) is 11.6. The number of nitrogens with zero attached hydrogens (tertiary/aromatic N) is 1. The molecule has 0 aromatic heterocycles. The van der Waals surface area contributed by atoms with E-state index in [4.69, 9.17) is 5.11 Å². The number of aliphatic carboxylic acids is 1. The highest BCUT2D eigenvalue weighted by Gasteiger charge is 2.38. The molecule has 22 heavy (non-hydrogen) atoms. The molecule has 3 N–H and O–H groups in total. The fraction of sp³-hybridized carbons (Fsp3) is 0.846. The fourth-order valence-electron chi connectivity index (χ4n) is 2.55. The number of carboxylic acid groups (broad SMARTS) is 1. The molecule has 9 heteroatoms. The number of carbonyl (C=O) groups excluding carboxylic acids is 1. The molecule has 0 unspecified atom stereocenters. The Balaban J connectivity index is 2.48. The lowest BCUT2D eigenvalue weighted by atomic mass is 9.84. The van der Waals surface area contributed by atoms with E-state index in [1.807, 2.05) is 11.8 Å². The van der Waals surface area contributed by atoms with Gasteiger partial charge in [-0.05, 0) is 33.2 Å². The molecule has 0 radical (unpaired) electrons. The van der Waals surface area contributed by atoms with Crippen molar-refractivity contribution < 1.29 is 23.1 Å². The standard InChI is InChI=1S/C13H25N3O5S/c1-5-16(8-11(17)18)10-6-9(7-10)14-12(19)13(2,3)15-22(4,20)21/h9-10,15H,5-8H2,1-4H3,(H,14,19)(H,17,18). The Morgan fingerprint density at radius 1 is 1.32 bits per heavy atom. The van der Waals surface area contributed by atoms with Crippen molar-refractivity contribution in [2.24, 2.45) is 0 Å². The molecule has 1 aliphatic rings. The zero-order chi connectivity index (χ0) is 17.1. The van der Waals surface area contributed by atoms with E-state index in [0.717, 1.165) is 6.26 Å². The van der Waals surface area contributed by atoms with Crippen molar-refractivity contribution in [3.8, 4) is 0 Å². The second-order valence-corrected chi connectivity index (χ2v) is 8.00. The Labute approximate surface area is 131 Å². The van der Waals surface area contributed by atoms with E-state index in [1.165, 1.54) is 13.8 Å². The lowest BCUT2D eigenvalue weighted by Gasteiger charge is -2.43. The van der Waals surface area contributed by atoms with Crippen molar-refractivity contribution in [3.63, 3.8) is 0 Å². The van der Waals surface area contributed by atoms with E-state index >= 15 is 0 Å². The van der Waals surface area contributed by atoms with Crippen LogP contribution in [0.25, 0.3) is 0 Å². The second kappa shape index (κ2) is 6.93. The molecule has 1 saturated carbocycles. The number of carboxylic acids is 1. The van der Waals surface area contributed by atoms with Crippen molar-refractivity contribution >= 4 is 21.9 Å². The maximum absolute atomic E-state index is 12.1. The molecule has 1 amide bonds. The van der Waals surface area contributed by atoms with Gasteiger partial charge in [0.05, 0.1) is 12.8 Å². The summed E-state index contributed by atoms with van der Waals surface area (Å²) in [5.41, 5.74) is -1.22. The molecule has 0 spiro atoms. The normalized spacial score (nSPS) is 22.2. The summed E-state index contributed by atoms with van der Waals surface area (Å²) in [6.07, 6.45) is 2.34. The third-order valence-corrected chi connectivity index (χ3v) is 4.60. The zero-order valence-corrected chi connectivity index (χ0v) is 14.2. The predicted octanol–water partition coefficient (Wildman–Crippen LogP) is -0.632. The van der Waals surface area contributed by atoms with E-state index in [-0.39, 0.29) is 24.5 Å². The molecule has 0 aromatic rings. The zero-order valence-electron chi connectivity index (χ0n) is 13.4. The van der Waals surface area contributed by atoms with Crippen LogP contribution in [0.1, 0.15) is 33.6 Å². The Morgan fingerprint density at radius 3 is 2.27 bits per heavy atom. The van der Waals surface area contributed by atoms with Gasteiger partial charge in [0.2, 0.25) is 15.9 Å². The Kier molecular flexibility index (Phi) is 5.94. The fourth-order valence-corrected chi connectivity index (χ4v) is 3.57. The van der Waals surface area contributed by atoms with Crippen LogP contribution >= 0.6 is 0 Å². The number of rotatable bonds is 8. The van der Waals surface area contributed by atoms with Gasteiger partial charge in [0.25, 0.3) is 0 Å². The van der Waals surface area contributed by atoms with Crippen LogP contribution in [0, 0.1) is 0 Å². The van der Waals surface area contributed by atoms with E-state index in [0.29, 0.717) is 19.4 Å². The quantitative estimate of drug-likeness (QED) is 0.544. The average molecular weight is 335 g/mol. The van der Waals surface area contributed by atoms with Gasteiger partial charge in [0, 0.05) is 12.1 Å². The summed E-state index contributed by atoms with van der Waals surface area (Å²) in [6.45, 7) is 5.53. The maximum Gasteiger partial charge on any atom is 0.317 e. The number of nitrogens with one attached hydrogen (secondary N) is 2. The molecule has 128 valence electrons. The Morgan fingerprint density at radius 2 is 1.86 bits per heavy atom. The molecule has 0 bridgehead atoms. The third-order valence-electron chi connectivity index (χ3n) is 3.72. The maximum atomic E-state index is 12.1. The minimum absolute atomic E-state index is 0.0110. The number of carbonyl (C=O) groups is 2. The monoisotopic (exact) mass is 335 g/mol. The lowest BCUT2D eigenvalue weighted by molar-refractivity contribution is -0.140. The van der Waals surface area contributed by atoms with Crippen LogP contribution in [0.2, 0.25) is 0 Å². The summed E-state index contributed by atoms with van der Waals surface area (Å²) in [7, 11) is -3.48. The van der Waals surface area contributed by atoms with Crippen LogP contribution in [0.15, 0.2) is 0 Å². The first-order valence-corrected chi connectivity index (χ1v) is 9.09. The highest BCUT2D eigenvalue weighted by Crippen LogP contribution is 2.26. The summed E-state index contributed by atoms with van der Waals surface area (Å²) in [6, 6.07) is 0.0818. The van der Waals surface area contributed by atoms with Gasteiger partial charge in [-0.3, -0.25) is 14.5 Å². The van der Waals surface area contributed by atoms with Gasteiger partial charge in [-0.15, -0.1) is 0 Å². The van der Waals surface area contributed by atoms with E-state index in [2.05, 4.69) is 10.0 Å². The Bertz CT molecular complexity index is 526. The molecule has 0 saturated heterocycles. The molecule has 0 aliphatic heterocycles. The lowest BCUT2D eigenvalue weighted by Crippen LogP contribution is -2.61. The van der Waals surface area contributed by atoms with Crippen LogP contribution in [-0.2, 0) is 19.6 Å². The second-order valence-electron chi connectivity index (χ2n) is 6.25. The molecule has 0 atom stereocenters. The molecule has 1 fully saturated rings. The van der Waals surface area contributed by atoms with Gasteiger partial charge in [0.15, 0.2) is 0 Å². The van der Waals surface area contributed by atoms with Crippen molar-refractivity contribution in [2.45, 2.75) is 51.2 Å². The average Bonchev–Trinajstić information content (AvgIpc) is 2.26. The smallest absolute Gasteiger partial charge is 0.317 e. The van der Waals surface area contributed by atoms with Crippen molar-refractivity contribution in [3.05, 3.63) is 0 Å². The SMILES string of the molecule is CCN(CC(=O)O)C1CC(NC(=O)C(C)(C)NS(C)(=O)=O)C1. The number of hydrogen-bond acceptors (Lipinski definition) is 5. The molecule has 1 rings (SSSR count). The third kappa shape index (κ3) is 5.54. The predicted molar refractivity (Wildman–Crippen MR) is 81.9 cm³/mol. The van der Waals surface area contributed by atoms with Crippen LogP contribution < -0.4 is 10.0 Å². The molecule has 8 nitrogen and oxygen atoms in total. The Hall–Kier alpha value is -1.19. The van der Waals surface area contributed by atoms with Crippen LogP contribution in [-0.4, -0.2) is 67.3 Å². The van der Waals surface area contributed by atoms with Crippen LogP contribution in [0.3, 0.4) is 0 Å². The van der Waals surface area contributed by atoms with Gasteiger partial charge in [-0.2, -0.15) is 0 Å². The van der Waals surface area contributed by atoms with Gasteiger partial charge in [-0.25, -0.2) is 13.1 Å². The molecular formula is C13H25N3O5S. The van der Waals surface area contributed by atoms with E-state index in [1.54, 1.807) is 0 Å². The van der Waals surface area contributed by atoms with Gasteiger partial charge >= 0.3 is 5.97 Å². The molecular weight excluding hydrogens is 310 g/mol. The highest BCUT2D eigenvalue weighted by molar-refractivity contribution is 7.88. The minimum atomic E-state index is -3.48. The van der Waals surface area contributed by atoms with Gasteiger partial charge in [-0.1, -0.05) is 6.92 Å². The largest absolute Gasteiger partial charge is 0.480 e. The minimum Gasteiger partial charge on any atom is -0.480 e. The van der Waals surface area contributed by atoms with Crippen molar-refractivity contribution in [1.82, 2.24) is 14.9 Å². The molecule has 0 aromatic carbocycles. The first-order chi connectivity index (χ1) is 9.94.